The molecule has 92 valence electrons. The molecule has 0 aromatic carbocycles. The molecule has 0 bridgehead atoms. The van der Waals surface area contributed by atoms with Gasteiger partial charge in [0.1, 0.15) is 4.60 Å². The minimum Gasteiger partial charge on any atom is -0.396 e. The molecule has 2 aromatic heterocycles. The van der Waals surface area contributed by atoms with Gasteiger partial charge in [-0.1, -0.05) is 0 Å². The van der Waals surface area contributed by atoms with E-state index in [1.54, 1.807) is 6.20 Å². The molecule has 2 heterocycles. The van der Waals surface area contributed by atoms with Gasteiger partial charge < -0.3 is 14.8 Å². The average molecular weight is 299 g/mol. The Bertz CT molecular complexity index is 499. The summed E-state index contributed by atoms with van der Waals surface area (Å²) in [5, 5.41) is 12.1. The summed E-state index contributed by atoms with van der Waals surface area (Å²) in [4.78, 5) is 8.64. The molecule has 1 unspecified atom stereocenters. The number of rotatable bonds is 5. The van der Waals surface area contributed by atoms with Crippen molar-refractivity contribution in [3.63, 3.8) is 0 Å². The van der Waals surface area contributed by atoms with E-state index in [1.165, 1.54) is 0 Å². The first kappa shape index (κ1) is 12.3. The second-order valence-corrected chi connectivity index (χ2v) is 4.79. The van der Waals surface area contributed by atoms with Gasteiger partial charge in [0.05, 0.1) is 0 Å². The van der Waals surface area contributed by atoms with Crippen LogP contribution < -0.4 is 5.32 Å². The predicted molar refractivity (Wildman–Crippen MR) is 70.1 cm³/mol. The van der Waals surface area contributed by atoms with Crippen LogP contribution in [0.3, 0.4) is 0 Å². The Morgan fingerprint density at radius 1 is 1.59 bits per heavy atom. The number of halogens is 1. The number of nitrogens with zero attached hydrogens (tertiary/aromatic N) is 3. The van der Waals surface area contributed by atoms with Crippen LogP contribution in [0.25, 0.3) is 5.65 Å². The highest BCUT2D eigenvalue weighted by Crippen LogP contribution is 2.18. The summed E-state index contributed by atoms with van der Waals surface area (Å²) in [5.74, 6) is 0.759. The fourth-order valence-electron chi connectivity index (χ4n) is 1.70. The molecule has 2 N–H and O–H groups in total. The maximum absolute atomic E-state index is 8.80. The van der Waals surface area contributed by atoms with Crippen LogP contribution in [0.5, 0.6) is 0 Å². The van der Waals surface area contributed by atoms with Gasteiger partial charge in [-0.2, -0.15) is 0 Å². The Kier molecular flexibility index (Phi) is 3.96. The normalized spacial score (nSPS) is 12.9. The van der Waals surface area contributed by atoms with Crippen LogP contribution in [-0.4, -0.2) is 32.1 Å². The first-order valence-electron chi connectivity index (χ1n) is 5.57. The zero-order chi connectivity index (χ0) is 12.3. The van der Waals surface area contributed by atoms with Crippen LogP contribution in [0.4, 0.5) is 5.82 Å². The number of fused-ring (bicyclic) bond motifs is 1. The summed E-state index contributed by atoms with van der Waals surface area (Å²) >= 11 is 3.37. The first-order chi connectivity index (χ1) is 8.20. The molecule has 0 saturated carbocycles. The zero-order valence-corrected chi connectivity index (χ0v) is 11.2. The van der Waals surface area contributed by atoms with Crippen molar-refractivity contribution >= 4 is 27.4 Å². The van der Waals surface area contributed by atoms with E-state index in [0.717, 1.165) is 28.9 Å². The van der Waals surface area contributed by atoms with E-state index in [1.807, 2.05) is 16.8 Å². The lowest BCUT2D eigenvalue weighted by Gasteiger charge is -2.14. The van der Waals surface area contributed by atoms with Gasteiger partial charge in [-0.05, 0) is 35.7 Å². The Morgan fingerprint density at radius 2 is 2.41 bits per heavy atom. The van der Waals surface area contributed by atoms with Crippen LogP contribution >= 0.6 is 15.9 Å². The van der Waals surface area contributed by atoms with Crippen molar-refractivity contribution in [2.24, 2.45) is 0 Å². The second-order valence-electron chi connectivity index (χ2n) is 3.98. The fraction of sp³-hybridized carbons (Fsp3) is 0.455. The van der Waals surface area contributed by atoms with Gasteiger partial charge in [0.15, 0.2) is 11.5 Å². The van der Waals surface area contributed by atoms with Gasteiger partial charge in [-0.3, -0.25) is 0 Å². The van der Waals surface area contributed by atoms with Crippen LogP contribution in [0.1, 0.15) is 19.8 Å². The van der Waals surface area contributed by atoms with E-state index in [4.69, 9.17) is 5.11 Å². The lowest BCUT2D eigenvalue weighted by Crippen LogP contribution is -2.17. The summed E-state index contributed by atoms with van der Waals surface area (Å²) in [6, 6.07) is 0.254. The van der Waals surface area contributed by atoms with Gasteiger partial charge >= 0.3 is 0 Å². The molecular formula is C11H15BrN4O. The molecule has 0 aliphatic carbocycles. The van der Waals surface area contributed by atoms with Gasteiger partial charge in [-0.15, -0.1) is 0 Å². The quantitative estimate of drug-likeness (QED) is 0.887. The third-order valence-corrected chi connectivity index (χ3v) is 2.91. The van der Waals surface area contributed by atoms with E-state index in [9.17, 15) is 0 Å². The third-order valence-electron chi connectivity index (χ3n) is 2.52. The molecule has 5 nitrogen and oxygen atoms in total. The van der Waals surface area contributed by atoms with Gasteiger partial charge in [0, 0.05) is 31.2 Å². The zero-order valence-electron chi connectivity index (χ0n) is 9.60. The molecule has 17 heavy (non-hydrogen) atoms. The standard InChI is InChI=1S/C11H15BrN4O/c1-8(3-2-6-17)14-10-11-13-4-5-16(11)7-9(12)15-10/h4-5,7-8,17H,2-3,6H2,1H3,(H,14,15). The monoisotopic (exact) mass is 298 g/mol. The number of aliphatic hydroxyl groups excluding tert-OH is 1. The van der Waals surface area contributed by atoms with E-state index < -0.39 is 0 Å². The number of aliphatic hydroxyl groups is 1. The summed E-state index contributed by atoms with van der Waals surface area (Å²) < 4.78 is 2.68. The van der Waals surface area contributed by atoms with E-state index >= 15 is 0 Å². The van der Waals surface area contributed by atoms with E-state index in [-0.39, 0.29) is 12.6 Å². The maximum atomic E-state index is 8.80. The average Bonchev–Trinajstić information content (AvgIpc) is 2.74. The topological polar surface area (TPSA) is 62.5 Å². The first-order valence-corrected chi connectivity index (χ1v) is 6.36. The minimum absolute atomic E-state index is 0.219. The maximum Gasteiger partial charge on any atom is 0.180 e. The largest absolute Gasteiger partial charge is 0.396 e. The van der Waals surface area contributed by atoms with Gasteiger partial charge in [0.25, 0.3) is 0 Å². The molecule has 0 aliphatic heterocycles. The molecule has 0 saturated heterocycles. The van der Waals surface area contributed by atoms with Crippen LogP contribution in [0.15, 0.2) is 23.2 Å². The highest BCUT2D eigenvalue weighted by molar-refractivity contribution is 9.10. The molecule has 1 atom stereocenters. The van der Waals surface area contributed by atoms with Crippen LogP contribution in [0, 0.1) is 0 Å². The summed E-state index contributed by atoms with van der Waals surface area (Å²) in [6.45, 7) is 2.29. The Hall–Kier alpha value is -1.14. The Morgan fingerprint density at radius 3 is 3.18 bits per heavy atom. The SMILES string of the molecule is CC(CCCO)Nc1nc(Br)cn2ccnc12. The van der Waals surface area contributed by atoms with Crippen molar-refractivity contribution in [1.82, 2.24) is 14.4 Å². The Labute approximate surface area is 108 Å². The highest BCUT2D eigenvalue weighted by atomic mass is 79.9. The van der Waals surface area contributed by atoms with Crippen molar-refractivity contribution in [3.8, 4) is 0 Å². The highest BCUT2D eigenvalue weighted by Gasteiger charge is 2.09. The fourth-order valence-corrected chi connectivity index (χ4v) is 2.10. The molecule has 0 amide bonds. The van der Waals surface area contributed by atoms with E-state index in [2.05, 4.69) is 38.1 Å². The van der Waals surface area contributed by atoms with Gasteiger partial charge in [-0.25, -0.2) is 9.97 Å². The summed E-state index contributed by atoms with van der Waals surface area (Å²) in [5.41, 5.74) is 0.809. The van der Waals surface area contributed by atoms with Crippen molar-refractivity contribution in [2.45, 2.75) is 25.8 Å². The molecule has 2 rings (SSSR count). The lowest BCUT2D eigenvalue weighted by molar-refractivity contribution is 0.282. The lowest BCUT2D eigenvalue weighted by atomic mass is 10.2. The van der Waals surface area contributed by atoms with Crippen molar-refractivity contribution in [1.29, 1.82) is 0 Å². The molecule has 6 heteroatoms. The number of aromatic nitrogens is 3. The number of hydrogen-bond acceptors (Lipinski definition) is 4. The third kappa shape index (κ3) is 2.95. The number of imidazole rings is 1. The summed E-state index contributed by atoms with van der Waals surface area (Å²) in [6.07, 6.45) is 7.18. The molecular weight excluding hydrogens is 284 g/mol. The molecule has 0 spiro atoms. The van der Waals surface area contributed by atoms with E-state index in [0.29, 0.717) is 0 Å². The smallest absolute Gasteiger partial charge is 0.180 e. The molecule has 0 aliphatic rings. The van der Waals surface area contributed by atoms with Crippen LogP contribution in [0.2, 0.25) is 0 Å². The molecule has 0 fully saturated rings. The van der Waals surface area contributed by atoms with Crippen molar-refractivity contribution in [3.05, 3.63) is 23.2 Å². The number of nitrogens with one attached hydrogen (secondary N) is 1. The van der Waals surface area contributed by atoms with Crippen molar-refractivity contribution < 1.29 is 5.11 Å². The molecule has 2 aromatic rings. The van der Waals surface area contributed by atoms with Crippen LogP contribution in [-0.2, 0) is 0 Å². The second kappa shape index (κ2) is 5.46. The Balaban J connectivity index is 2.19. The number of hydrogen-bond donors (Lipinski definition) is 2. The summed E-state index contributed by atoms with van der Waals surface area (Å²) in [7, 11) is 0. The predicted octanol–water partition coefficient (Wildman–Crippen LogP) is 2.06. The minimum atomic E-state index is 0.219. The molecule has 0 radical (unpaired) electrons. The van der Waals surface area contributed by atoms with Gasteiger partial charge in [0.2, 0.25) is 0 Å². The van der Waals surface area contributed by atoms with Crippen molar-refractivity contribution in [2.75, 3.05) is 11.9 Å². The number of anilines is 1.